The average Bonchev–Trinajstić information content (AvgIpc) is 2.06. The number of thioether (sulfide) groups is 1. The number of phenols is 1. The van der Waals surface area contributed by atoms with E-state index in [1.165, 1.54) is 0 Å². The predicted octanol–water partition coefficient (Wildman–Crippen LogP) is 1.79. The number of hydrogen-bond donors (Lipinski definition) is 2. The molecule has 2 nitrogen and oxygen atoms in total. The van der Waals surface area contributed by atoms with Gasteiger partial charge in [0, 0.05) is 5.75 Å². The van der Waals surface area contributed by atoms with Crippen LogP contribution in [0.2, 0.25) is 0 Å². The Hall–Kier alpha value is -0.670. The fourth-order valence-electron chi connectivity index (χ4n) is 0.951. The van der Waals surface area contributed by atoms with Crippen molar-refractivity contribution in [3.05, 3.63) is 29.8 Å². The van der Waals surface area contributed by atoms with E-state index in [4.69, 9.17) is 5.11 Å². The minimum Gasteiger partial charge on any atom is -0.508 e. The molecule has 1 aromatic carbocycles. The molecule has 0 aromatic heterocycles. The van der Waals surface area contributed by atoms with Crippen LogP contribution >= 0.6 is 11.8 Å². The first-order valence-electron chi connectivity index (χ1n) is 3.70. The highest BCUT2D eigenvalue weighted by Gasteiger charge is 2.05. The quantitative estimate of drug-likeness (QED) is 0.752. The van der Waals surface area contributed by atoms with Crippen molar-refractivity contribution < 1.29 is 10.2 Å². The van der Waals surface area contributed by atoms with E-state index in [9.17, 15) is 5.11 Å². The molecule has 12 heavy (non-hydrogen) atoms. The lowest BCUT2D eigenvalue weighted by Gasteiger charge is -2.08. The van der Waals surface area contributed by atoms with Gasteiger partial charge in [-0.2, -0.15) is 11.8 Å². The zero-order valence-corrected chi connectivity index (χ0v) is 7.71. The predicted molar refractivity (Wildman–Crippen MR) is 51.4 cm³/mol. The van der Waals surface area contributed by atoms with Crippen LogP contribution in [0.5, 0.6) is 5.75 Å². The van der Waals surface area contributed by atoms with Crippen molar-refractivity contribution in [2.75, 3.05) is 12.0 Å². The van der Waals surface area contributed by atoms with Gasteiger partial charge in [0.2, 0.25) is 0 Å². The zero-order valence-electron chi connectivity index (χ0n) is 6.90. The molecule has 0 bridgehead atoms. The Morgan fingerprint density at radius 1 is 1.33 bits per heavy atom. The maximum Gasteiger partial charge on any atom is 0.115 e. The van der Waals surface area contributed by atoms with Crippen molar-refractivity contribution in [2.24, 2.45) is 0 Å². The number of aliphatic hydroxyl groups is 1. The Bertz CT molecular complexity index is 233. The fourth-order valence-corrected chi connectivity index (χ4v) is 1.46. The summed E-state index contributed by atoms with van der Waals surface area (Å²) in [5, 5.41) is 18.5. The first kappa shape index (κ1) is 9.42. The van der Waals surface area contributed by atoms with Crippen LogP contribution in [-0.2, 0) is 0 Å². The van der Waals surface area contributed by atoms with Gasteiger partial charge in [0.1, 0.15) is 5.75 Å². The van der Waals surface area contributed by atoms with E-state index in [-0.39, 0.29) is 5.75 Å². The van der Waals surface area contributed by atoms with Gasteiger partial charge in [-0.1, -0.05) is 12.1 Å². The van der Waals surface area contributed by atoms with E-state index in [1.807, 2.05) is 6.26 Å². The van der Waals surface area contributed by atoms with Gasteiger partial charge in [0.15, 0.2) is 0 Å². The molecule has 3 heteroatoms. The Morgan fingerprint density at radius 2 is 1.92 bits per heavy atom. The standard InChI is InChI=1S/C9H12O2S/c1-12-6-9(11)7-2-4-8(10)5-3-7/h2-5,9-11H,6H2,1H3. The lowest BCUT2D eigenvalue weighted by molar-refractivity contribution is 0.204. The van der Waals surface area contributed by atoms with Crippen molar-refractivity contribution in [3.63, 3.8) is 0 Å². The Kier molecular flexibility index (Phi) is 3.44. The minimum atomic E-state index is -0.430. The molecule has 1 atom stereocenters. The molecule has 1 unspecified atom stereocenters. The van der Waals surface area contributed by atoms with Crippen LogP contribution in [0.15, 0.2) is 24.3 Å². The first-order chi connectivity index (χ1) is 5.74. The van der Waals surface area contributed by atoms with Gasteiger partial charge in [0.25, 0.3) is 0 Å². The maximum atomic E-state index is 9.51. The monoisotopic (exact) mass is 184 g/mol. The second-order valence-corrected chi connectivity index (χ2v) is 3.47. The van der Waals surface area contributed by atoms with Gasteiger partial charge in [0.05, 0.1) is 6.10 Å². The van der Waals surface area contributed by atoms with E-state index >= 15 is 0 Å². The number of aromatic hydroxyl groups is 1. The average molecular weight is 184 g/mol. The minimum absolute atomic E-state index is 0.232. The topological polar surface area (TPSA) is 40.5 Å². The fraction of sp³-hybridized carbons (Fsp3) is 0.333. The van der Waals surface area contributed by atoms with Crippen LogP contribution in [0.4, 0.5) is 0 Å². The summed E-state index contributed by atoms with van der Waals surface area (Å²) in [4.78, 5) is 0. The lowest BCUT2D eigenvalue weighted by atomic mass is 10.1. The summed E-state index contributed by atoms with van der Waals surface area (Å²) in [5.41, 5.74) is 0.849. The molecule has 0 saturated carbocycles. The SMILES string of the molecule is CSCC(O)c1ccc(O)cc1. The summed E-state index contributed by atoms with van der Waals surface area (Å²) in [6.45, 7) is 0. The lowest BCUT2D eigenvalue weighted by Crippen LogP contribution is -1.99. The van der Waals surface area contributed by atoms with E-state index in [1.54, 1.807) is 36.0 Å². The first-order valence-corrected chi connectivity index (χ1v) is 5.09. The molecule has 66 valence electrons. The molecule has 1 rings (SSSR count). The number of aliphatic hydroxyl groups excluding tert-OH is 1. The Labute approximate surface area is 76.2 Å². The molecule has 0 aliphatic carbocycles. The molecule has 0 fully saturated rings. The van der Waals surface area contributed by atoms with Gasteiger partial charge in [-0.15, -0.1) is 0 Å². The van der Waals surface area contributed by atoms with Crippen LogP contribution in [-0.4, -0.2) is 22.2 Å². The second-order valence-electron chi connectivity index (χ2n) is 2.56. The molecule has 0 amide bonds. The van der Waals surface area contributed by atoms with Gasteiger partial charge in [-0.25, -0.2) is 0 Å². The van der Waals surface area contributed by atoms with Crippen molar-refractivity contribution >= 4 is 11.8 Å². The molecule has 0 spiro atoms. The third kappa shape index (κ3) is 2.43. The molecule has 1 aromatic rings. The van der Waals surface area contributed by atoms with Gasteiger partial charge < -0.3 is 10.2 Å². The number of rotatable bonds is 3. The van der Waals surface area contributed by atoms with Crippen molar-refractivity contribution in [2.45, 2.75) is 6.10 Å². The summed E-state index contributed by atoms with van der Waals surface area (Å²) in [6.07, 6.45) is 1.52. The molecular weight excluding hydrogens is 172 g/mol. The second kappa shape index (κ2) is 4.38. The molecular formula is C9H12O2S. The molecule has 0 aliphatic heterocycles. The van der Waals surface area contributed by atoms with Gasteiger partial charge in [-0.3, -0.25) is 0 Å². The maximum absolute atomic E-state index is 9.51. The van der Waals surface area contributed by atoms with Crippen LogP contribution in [0.25, 0.3) is 0 Å². The Morgan fingerprint density at radius 3 is 2.42 bits per heavy atom. The highest BCUT2D eigenvalue weighted by Crippen LogP contribution is 2.19. The number of benzene rings is 1. The van der Waals surface area contributed by atoms with E-state index in [0.717, 1.165) is 5.56 Å². The summed E-state index contributed by atoms with van der Waals surface area (Å²) >= 11 is 1.60. The normalized spacial score (nSPS) is 12.8. The summed E-state index contributed by atoms with van der Waals surface area (Å²) in [5.74, 6) is 0.917. The van der Waals surface area contributed by atoms with Crippen molar-refractivity contribution in [1.82, 2.24) is 0 Å². The van der Waals surface area contributed by atoms with Crippen LogP contribution < -0.4 is 0 Å². The molecule has 0 aliphatic rings. The smallest absolute Gasteiger partial charge is 0.115 e. The third-order valence-electron chi connectivity index (χ3n) is 1.60. The van der Waals surface area contributed by atoms with Crippen LogP contribution in [0.1, 0.15) is 11.7 Å². The molecule has 2 N–H and O–H groups in total. The molecule has 0 heterocycles. The number of hydrogen-bond acceptors (Lipinski definition) is 3. The van der Waals surface area contributed by atoms with E-state index < -0.39 is 6.10 Å². The summed E-state index contributed by atoms with van der Waals surface area (Å²) in [7, 11) is 0. The van der Waals surface area contributed by atoms with E-state index in [2.05, 4.69) is 0 Å². The van der Waals surface area contributed by atoms with Gasteiger partial charge >= 0.3 is 0 Å². The van der Waals surface area contributed by atoms with Crippen LogP contribution in [0.3, 0.4) is 0 Å². The molecule has 0 saturated heterocycles. The largest absolute Gasteiger partial charge is 0.508 e. The zero-order chi connectivity index (χ0) is 8.97. The highest BCUT2D eigenvalue weighted by atomic mass is 32.2. The molecule has 0 radical (unpaired) electrons. The van der Waals surface area contributed by atoms with Crippen molar-refractivity contribution in [3.8, 4) is 5.75 Å². The van der Waals surface area contributed by atoms with Gasteiger partial charge in [-0.05, 0) is 24.0 Å². The Balaban J connectivity index is 2.68. The van der Waals surface area contributed by atoms with E-state index in [0.29, 0.717) is 5.75 Å². The van der Waals surface area contributed by atoms with Crippen molar-refractivity contribution in [1.29, 1.82) is 0 Å². The number of phenolic OH excluding ortho intramolecular Hbond substituents is 1. The van der Waals surface area contributed by atoms with Crippen LogP contribution in [0, 0.1) is 0 Å². The summed E-state index contributed by atoms with van der Waals surface area (Å²) < 4.78 is 0. The summed E-state index contributed by atoms with van der Waals surface area (Å²) in [6, 6.07) is 6.63. The highest BCUT2D eigenvalue weighted by molar-refractivity contribution is 7.98. The third-order valence-corrected chi connectivity index (χ3v) is 2.25.